The van der Waals surface area contributed by atoms with Crippen molar-refractivity contribution in [1.82, 2.24) is 0 Å². The molecule has 2 nitrogen and oxygen atoms in total. The summed E-state index contributed by atoms with van der Waals surface area (Å²) in [5, 5.41) is 0.0974. The highest BCUT2D eigenvalue weighted by Gasteiger charge is 2.04. The lowest BCUT2D eigenvalue weighted by Gasteiger charge is -2.10. The van der Waals surface area contributed by atoms with Gasteiger partial charge in [-0.2, -0.15) is 0 Å². The van der Waals surface area contributed by atoms with Crippen molar-refractivity contribution in [2.75, 3.05) is 6.54 Å². The lowest BCUT2D eigenvalue weighted by molar-refractivity contribution is 0.304. The summed E-state index contributed by atoms with van der Waals surface area (Å²) in [6.07, 6.45) is 0. The van der Waals surface area contributed by atoms with Gasteiger partial charge in [0.2, 0.25) is 0 Å². The van der Waals surface area contributed by atoms with Crippen LogP contribution in [0.3, 0.4) is 0 Å². The van der Waals surface area contributed by atoms with Crippen molar-refractivity contribution in [3.63, 3.8) is 0 Å². The summed E-state index contributed by atoms with van der Waals surface area (Å²) < 4.78 is 18.8. The minimum absolute atomic E-state index is 0.0974. The van der Waals surface area contributed by atoms with E-state index in [1.165, 1.54) is 6.07 Å². The van der Waals surface area contributed by atoms with Crippen LogP contribution in [0.4, 0.5) is 4.39 Å². The fourth-order valence-corrected chi connectivity index (χ4v) is 2.04. The lowest BCUT2D eigenvalue weighted by Crippen LogP contribution is -1.98. The van der Waals surface area contributed by atoms with Gasteiger partial charge in [-0.3, -0.25) is 0 Å². The Balaban J connectivity index is 2.07. The molecule has 0 amide bonds. The second-order valence-corrected chi connectivity index (χ2v) is 4.93. The number of hydrogen-bond donors (Lipinski definition) is 1. The van der Waals surface area contributed by atoms with E-state index in [2.05, 4.69) is 11.8 Å². The standard InChI is InChI=1S/C17H15ClFNO/c1-12-9-13(3-2-8-20)5-7-17(12)21-11-14-4-6-16(19)15(18)10-14/h4-7,9-10H,8,11,20H2,1H3. The minimum Gasteiger partial charge on any atom is -0.489 e. The molecule has 0 aliphatic rings. The summed E-state index contributed by atoms with van der Waals surface area (Å²) in [6, 6.07) is 10.2. The zero-order valence-electron chi connectivity index (χ0n) is 11.6. The van der Waals surface area contributed by atoms with E-state index in [1.54, 1.807) is 12.1 Å². The minimum atomic E-state index is -0.431. The highest BCUT2D eigenvalue weighted by atomic mass is 35.5. The van der Waals surface area contributed by atoms with Crippen molar-refractivity contribution >= 4 is 11.6 Å². The van der Waals surface area contributed by atoms with E-state index in [-0.39, 0.29) is 5.02 Å². The van der Waals surface area contributed by atoms with Gasteiger partial charge < -0.3 is 10.5 Å². The van der Waals surface area contributed by atoms with Crippen LogP contribution >= 0.6 is 11.6 Å². The number of rotatable bonds is 3. The van der Waals surface area contributed by atoms with E-state index in [0.717, 1.165) is 22.4 Å². The van der Waals surface area contributed by atoms with Crippen LogP contribution in [0, 0.1) is 24.6 Å². The summed E-state index contributed by atoms with van der Waals surface area (Å²) in [5.41, 5.74) is 8.03. The third kappa shape index (κ3) is 4.22. The molecule has 0 unspecified atom stereocenters. The molecule has 0 radical (unpaired) electrons. The molecule has 4 heteroatoms. The Morgan fingerprint density at radius 2 is 2.05 bits per heavy atom. The van der Waals surface area contributed by atoms with Crippen molar-refractivity contribution in [3.8, 4) is 17.6 Å². The van der Waals surface area contributed by atoms with Gasteiger partial charge in [-0.05, 0) is 48.4 Å². The fraction of sp³-hybridized carbons (Fsp3) is 0.176. The van der Waals surface area contributed by atoms with Crippen LogP contribution in [0.1, 0.15) is 16.7 Å². The Morgan fingerprint density at radius 3 is 2.71 bits per heavy atom. The third-order valence-corrected chi connectivity index (χ3v) is 3.18. The monoisotopic (exact) mass is 303 g/mol. The second-order valence-electron chi connectivity index (χ2n) is 4.52. The molecule has 0 bridgehead atoms. The van der Waals surface area contributed by atoms with Crippen LogP contribution in [-0.2, 0) is 6.61 Å². The van der Waals surface area contributed by atoms with E-state index in [4.69, 9.17) is 22.1 Å². The predicted octanol–water partition coefficient (Wildman–Crippen LogP) is 3.68. The van der Waals surface area contributed by atoms with E-state index in [0.29, 0.717) is 13.2 Å². The molecule has 0 aliphatic heterocycles. The van der Waals surface area contributed by atoms with Gasteiger partial charge in [0, 0.05) is 5.56 Å². The average molecular weight is 304 g/mol. The second kappa shape index (κ2) is 7.12. The first-order valence-electron chi connectivity index (χ1n) is 6.46. The first-order chi connectivity index (χ1) is 10.1. The maximum atomic E-state index is 13.1. The van der Waals surface area contributed by atoms with E-state index in [1.807, 2.05) is 25.1 Å². The van der Waals surface area contributed by atoms with Crippen LogP contribution < -0.4 is 10.5 Å². The number of aryl methyl sites for hydroxylation is 1. The van der Waals surface area contributed by atoms with Crippen molar-refractivity contribution in [1.29, 1.82) is 0 Å². The molecule has 0 saturated heterocycles. The molecule has 21 heavy (non-hydrogen) atoms. The quantitative estimate of drug-likeness (QED) is 0.878. The smallest absolute Gasteiger partial charge is 0.141 e. The number of benzene rings is 2. The Labute approximate surface area is 128 Å². The van der Waals surface area contributed by atoms with Gasteiger partial charge in [-0.15, -0.1) is 0 Å². The summed E-state index contributed by atoms with van der Waals surface area (Å²) >= 11 is 5.74. The van der Waals surface area contributed by atoms with Crippen LogP contribution in [0.2, 0.25) is 5.02 Å². The number of nitrogens with two attached hydrogens (primary N) is 1. The van der Waals surface area contributed by atoms with E-state index >= 15 is 0 Å². The van der Waals surface area contributed by atoms with Crippen LogP contribution in [0.25, 0.3) is 0 Å². The number of ether oxygens (including phenoxy) is 1. The molecule has 0 fully saturated rings. The van der Waals surface area contributed by atoms with Crippen LogP contribution in [0.5, 0.6) is 5.75 Å². The van der Waals surface area contributed by atoms with Crippen molar-refractivity contribution in [2.45, 2.75) is 13.5 Å². The van der Waals surface area contributed by atoms with Gasteiger partial charge in [-0.1, -0.05) is 29.5 Å². The molecule has 2 rings (SSSR count). The molecule has 2 N–H and O–H groups in total. The Hall–Kier alpha value is -2.02. The Kier molecular flexibility index (Phi) is 5.21. The van der Waals surface area contributed by atoms with Gasteiger partial charge in [0.05, 0.1) is 11.6 Å². The van der Waals surface area contributed by atoms with Crippen molar-refractivity contribution < 1.29 is 9.13 Å². The van der Waals surface area contributed by atoms with Crippen LogP contribution in [-0.4, -0.2) is 6.54 Å². The maximum absolute atomic E-state index is 13.1. The number of hydrogen-bond acceptors (Lipinski definition) is 2. The highest BCUT2D eigenvalue weighted by molar-refractivity contribution is 6.30. The van der Waals surface area contributed by atoms with E-state index in [9.17, 15) is 4.39 Å². The number of halogens is 2. The molecule has 0 saturated carbocycles. The first kappa shape index (κ1) is 15.4. The van der Waals surface area contributed by atoms with Gasteiger partial charge in [0.25, 0.3) is 0 Å². The maximum Gasteiger partial charge on any atom is 0.141 e. The van der Waals surface area contributed by atoms with Crippen LogP contribution in [0.15, 0.2) is 36.4 Å². The normalized spacial score (nSPS) is 9.90. The van der Waals surface area contributed by atoms with E-state index < -0.39 is 5.82 Å². The Morgan fingerprint density at radius 1 is 1.24 bits per heavy atom. The summed E-state index contributed by atoms with van der Waals surface area (Å²) in [5.74, 6) is 6.10. The first-order valence-corrected chi connectivity index (χ1v) is 6.84. The highest BCUT2D eigenvalue weighted by Crippen LogP contribution is 2.21. The van der Waals surface area contributed by atoms with Crippen molar-refractivity contribution in [3.05, 3.63) is 63.9 Å². The largest absolute Gasteiger partial charge is 0.489 e. The summed E-state index contributed by atoms with van der Waals surface area (Å²) in [6.45, 7) is 2.61. The lowest BCUT2D eigenvalue weighted by atomic mass is 10.1. The molecule has 2 aromatic carbocycles. The molecule has 0 aromatic heterocycles. The zero-order chi connectivity index (χ0) is 15.2. The summed E-state index contributed by atoms with van der Waals surface area (Å²) in [4.78, 5) is 0. The SMILES string of the molecule is Cc1cc(C#CCN)ccc1OCc1ccc(F)c(Cl)c1. The molecule has 0 heterocycles. The molecule has 0 spiro atoms. The topological polar surface area (TPSA) is 35.2 Å². The molecule has 0 atom stereocenters. The van der Waals surface area contributed by atoms with Crippen molar-refractivity contribution in [2.24, 2.45) is 5.73 Å². The zero-order valence-corrected chi connectivity index (χ0v) is 12.4. The molecule has 108 valence electrons. The molecular formula is C17H15ClFNO. The fourth-order valence-electron chi connectivity index (χ4n) is 1.83. The average Bonchev–Trinajstić information content (AvgIpc) is 2.47. The molecular weight excluding hydrogens is 289 g/mol. The summed E-state index contributed by atoms with van der Waals surface area (Å²) in [7, 11) is 0. The Bertz CT molecular complexity index is 704. The molecule has 0 aliphatic carbocycles. The van der Waals surface area contributed by atoms with Gasteiger partial charge in [-0.25, -0.2) is 4.39 Å². The third-order valence-electron chi connectivity index (χ3n) is 2.89. The predicted molar refractivity (Wildman–Crippen MR) is 82.9 cm³/mol. The van der Waals surface area contributed by atoms with Gasteiger partial charge in [0.1, 0.15) is 18.2 Å². The van der Waals surface area contributed by atoms with Gasteiger partial charge >= 0.3 is 0 Å². The van der Waals surface area contributed by atoms with Gasteiger partial charge in [0.15, 0.2) is 0 Å². The molecule has 2 aromatic rings.